The summed E-state index contributed by atoms with van der Waals surface area (Å²) in [5.74, 6) is -0.498. The number of carbonyl (C=O) groups is 2. The van der Waals surface area contributed by atoms with Crippen LogP contribution in [0.1, 0.15) is 26.3 Å². The summed E-state index contributed by atoms with van der Waals surface area (Å²) in [5.41, 5.74) is 2.04. The summed E-state index contributed by atoms with van der Waals surface area (Å²) in [7, 11) is 3.08. The van der Waals surface area contributed by atoms with Crippen molar-refractivity contribution in [3.63, 3.8) is 0 Å². The summed E-state index contributed by atoms with van der Waals surface area (Å²) in [5, 5.41) is 0. The highest BCUT2D eigenvalue weighted by Gasteiger charge is 2.13. The summed E-state index contributed by atoms with van der Waals surface area (Å²) in [4.78, 5) is 25.3. The van der Waals surface area contributed by atoms with Crippen LogP contribution < -0.4 is 0 Å². The fraction of sp³-hybridized carbons (Fsp3) is 0.176. The Balaban J connectivity index is 2.07. The molecule has 0 aromatic heterocycles. The first-order valence-electron chi connectivity index (χ1n) is 6.59. The van der Waals surface area contributed by atoms with Crippen LogP contribution in [0, 0.1) is 0 Å². The Labute approximate surface area is 124 Å². The highest BCUT2D eigenvalue weighted by molar-refractivity contribution is 5.96. The molecule has 0 unspecified atom stereocenters. The Morgan fingerprint density at radius 2 is 1.52 bits per heavy atom. The van der Waals surface area contributed by atoms with Crippen molar-refractivity contribution in [2.24, 2.45) is 0 Å². The molecule has 0 atom stereocenters. The van der Waals surface area contributed by atoms with Gasteiger partial charge in [-0.3, -0.25) is 4.79 Å². The van der Waals surface area contributed by atoms with E-state index in [1.165, 1.54) is 7.11 Å². The molecule has 2 aromatic rings. The predicted octanol–water partition coefficient (Wildman–Crippen LogP) is 2.75. The van der Waals surface area contributed by atoms with Gasteiger partial charge in [0.05, 0.1) is 12.7 Å². The second-order valence-electron chi connectivity index (χ2n) is 4.72. The van der Waals surface area contributed by atoms with Crippen molar-refractivity contribution in [3.8, 4) is 0 Å². The van der Waals surface area contributed by atoms with E-state index in [2.05, 4.69) is 4.74 Å². The molecule has 4 heteroatoms. The van der Waals surface area contributed by atoms with Gasteiger partial charge < -0.3 is 9.64 Å². The Kier molecular flexibility index (Phi) is 4.72. The third kappa shape index (κ3) is 3.69. The van der Waals surface area contributed by atoms with E-state index in [0.29, 0.717) is 17.7 Å². The first kappa shape index (κ1) is 14.8. The predicted molar refractivity (Wildman–Crippen MR) is 80.0 cm³/mol. The van der Waals surface area contributed by atoms with Gasteiger partial charge in [-0.05, 0) is 29.8 Å². The number of benzene rings is 2. The topological polar surface area (TPSA) is 46.6 Å². The first-order chi connectivity index (χ1) is 10.1. The maximum atomic E-state index is 12.3. The van der Waals surface area contributed by atoms with E-state index in [4.69, 9.17) is 0 Å². The summed E-state index contributed by atoms with van der Waals surface area (Å²) in [6.07, 6.45) is 0. The van der Waals surface area contributed by atoms with Crippen LogP contribution in [-0.4, -0.2) is 30.9 Å². The quantitative estimate of drug-likeness (QED) is 0.811. The minimum atomic E-state index is -0.411. The maximum absolute atomic E-state index is 12.3. The minimum Gasteiger partial charge on any atom is -0.465 e. The standard InChI is InChI=1S/C17H17NO3/c1-18(12-13-6-4-3-5-7-13)16(19)14-8-10-15(11-9-14)17(20)21-2/h3-11H,12H2,1-2H3. The van der Waals surface area contributed by atoms with Gasteiger partial charge in [0.15, 0.2) is 0 Å². The van der Waals surface area contributed by atoms with Crippen molar-refractivity contribution in [3.05, 3.63) is 71.3 Å². The molecule has 0 aliphatic carbocycles. The van der Waals surface area contributed by atoms with Gasteiger partial charge in [0.2, 0.25) is 0 Å². The normalized spacial score (nSPS) is 10.0. The van der Waals surface area contributed by atoms with E-state index < -0.39 is 5.97 Å². The van der Waals surface area contributed by atoms with Crippen LogP contribution in [0.4, 0.5) is 0 Å². The largest absolute Gasteiger partial charge is 0.465 e. The Hall–Kier alpha value is -2.62. The second-order valence-corrected chi connectivity index (χ2v) is 4.72. The highest BCUT2D eigenvalue weighted by Crippen LogP contribution is 2.10. The average Bonchev–Trinajstić information content (AvgIpc) is 2.54. The number of esters is 1. The van der Waals surface area contributed by atoms with E-state index in [1.807, 2.05) is 30.3 Å². The lowest BCUT2D eigenvalue weighted by atomic mass is 10.1. The zero-order chi connectivity index (χ0) is 15.2. The van der Waals surface area contributed by atoms with Crippen LogP contribution in [0.25, 0.3) is 0 Å². The fourth-order valence-electron chi connectivity index (χ4n) is 2.02. The number of hydrogen-bond acceptors (Lipinski definition) is 3. The second kappa shape index (κ2) is 6.70. The molecule has 0 bridgehead atoms. The van der Waals surface area contributed by atoms with E-state index >= 15 is 0 Å². The molecule has 2 rings (SSSR count). The van der Waals surface area contributed by atoms with Gasteiger partial charge in [0, 0.05) is 19.2 Å². The molecule has 1 amide bonds. The molecule has 4 nitrogen and oxygen atoms in total. The van der Waals surface area contributed by atoms with Gasteiger partial charge in [0.25, 0.3) is 5.91 Å². The van der Waals surface area contributed by atoms with Crippen molar-refractivity contribution < 1.29 is 14.3 Å². The third-order valence-electron chi connectivity index (χ3n) is 3.16. The van der Waals surface area contributed by atoms with Crippen LogP contribution in [0.2, 0.25) is 0 Å². The van der Waals surface area contributed by atoms with Crippen molar-refractivity contribution >= 4 is 11.9 Å². The molecule has 0 radical (unpaired) electrons. The minimum absolute atomic E-state index is 0.0877. The molecule has 0 saturated heterocycles. The Morgan fingerprint density at radius 3 is 2.10 bits per heavy atom. The molecule has 0 N–H and O–H groups in total. The van der Waals surface area contributed by atoms with Crippen LogP contribution in [0.5, 0.6) is 0 Å². The van der Waals surface area contributed by atoms with Gasteiger partial charge in [-0.25, -0.2) is 4.79 Å². The van der Waals surface area contributed by atoms with Gasteiger partial charge in [-0.2, -0.15) is 0 Å². The molecule has 108 valence electrons. The van der Waals surface area contributed by atoms with Crippen molar-refractivity contribution in [2.75, 3.05) is 14.2 Å². The molecular formula is C17H17NO3. The Bertz CT molecular complexity index is 620. The van der Waals surface area contributed by atoms with Crippen molar-refractivity contribution in [2.45, 2.75) is 6.54 Å². The molecule has 0 saturated carbocycles. The lowest BCUT2D eigenvalue weighted by Crippen LogP contribution is -2.26. The zero-order valence-corrected chi connectivity index (χ0v) is 12.1. The Morgan fingerprint density at radius 1 is 0.952 bits per heavy atom. The number of nitrogens with zero attached hydrogens (tertiary/aromatic N) is 1. The summed E-state index contributed by atoms with van der Waals surface area (Å²) in [6.45, 7) is 0.540. The number of methoxy groups -OCH3 is 1. The van der Waals surface area contributed by atoms with Gasteiger partial charge in [-0.1, -0.05) is 30.3 Å². The van der Waals surface area contributed by atoms with E-state index in [9.17, 15) is 9.59 Å². The van der Waals surface area contributed by atoms with Gasteiger partial charge >= 0.3 is 5.97 Å². The van der Waals surface area contributed by atoms with E-state index in [-0.39, 0.29) is 5.91 Å². The van der Waals surface area contributed by atoms with Crippen LogP contribution >= 0.6 is 0 Å². The molecule has 0 heterocycles. The molecule has 0 aliphatic heterocycles. The maximum Gasteiger partial charge on any atom is 0.337 e. The summed E-state index contributed by atoms with van der Waals surface area (Å²) >= 11 is 0. The van der Waals surface area contributed by atoms with Crippen LogP contribution in [0.3, 0.4) is 0 Å². The molecule has 0 fully saturated rings. The molecule has 21 heavy (non-hydrogen) atoms. The van der Waals surface area contributed by atoms with Crippen LogP contribution in [-0.2, 0) is 11.3 Å². The third-order valence-corrected chi connectivity index (χ3v) is 3.16. The lowest BCUT2D eigenvalue weighted by molar-refractivity contribution is 0.0600. The number of carbonyl (C=O) groups excluding carboxylic acids is 2. The van der Waals surface area contributed by atoms with Crippen molar-refractivity contribution in [1.82, 2.24) is 4.90 Å². The van der Waals surface area contributed by atoms with E-state index in [0.717, 1.165) is 5.56 Å². The van der Waals surface area contributed by atoms with E-state index in [1.54, 1.807) is 36.2 Å². The molecule has 0 aliphatic rings. The van der Waals surface area contributed by atoms with Crippen LogP contribution in [0.15, 0.2) is 54.6 Å². The number of amides is 1. The van der Waals surface area contributed by atoms with Crippen molar-refractivity contribution in [1.29, 1.82) is 0 Å². The highest BCUT2D eigenvalue weighted by atomic mass is 16.5. The summed E-state index contributed by atoms with van der Waals surface area (Å²) < 4.78 is 4.63. The number of hydrogen-bond donors (Lipinski definition) is 0. The fourth-order valence-corrected chi connectivity index (χ4v) is 2.02. The SMILES string of the molecule is COC(=O)c1ccc(C(=O)N(C)Cc2ccccc2)cc1. The molecule has 0 spiro atoms. The molecule has 2 aromatic carbocycles. The smallest absolute Gasteiger partial charge is 0.337 e. The number of ether oxygens (including phenoxy) is 1. The monoisotopic (exact) mass is 283 g/mol. The first-order valence-corrected chi connectivity index (χ1v) is 6.59. The summed E-state index contributed by atoms with van der Waals surface area (Å²) in [6, 6.07) is 16.2. The van der Waals surface area contributed by atoms with Gasteiger partial charge in [0.1, 0.15) is 0 Å². The lowest BCUT2D eigenvalue weighted by Gasteiger charge is -2.17. The average molecular weight is 283 g/mol. The zero-order valence-electron chi connectivity index (χ0n) is 12.1. The molecular weight excluding hydrogens is 266 g/mol. The van der Waals surface area contributed by atoms with Gasteiger partial charge in [-0.15, -0.1) is 0 Å². The number of rotatable bonds is 4.